The number of hydrogen-bond acceptors (Lipinski definition) is 4. The van der Waals surface area contributed by atoms with Crippen LogP contribution >= 0.6 is 0 Å². The summed E-state index contributed by atoms with van der Waals surface area (Å²) in [6.45, 7) is 0.375. The summed E-state index contributed by atoms with van der Waals surface area (Å²) < 4.78 is 5.36. The lowest BCUT2D eigenvalue weighted by Gasteiger charge is -2.41. The Morgan fingerprint density at radius 2 is 2.28 bits per heavy atom. The van der Waals surface area contributed by atoms with Gasteiger partial charge in [-0.3, -0.25) is 14.5 Å². The Morgan fingerprint density at radius 3 is 2.94 bits per heavy atom. The molecule has 2 aliphatic rings. The van der Waals surface area contributed by atoms with Crippen molar-refractivity contribution in [3.05, 3.63) is 0 Å². The van der Waals surface area contributed by atoms with E-state index in [2.05, 4.69) is 5.32 Å². The van der Waals surface area contributed by atoms with Gasteiger partial charge >= 0.3 is 5.97 Å². The van der Waals surface area contributed by atoms with E-state index in [-0.39, 0.29) is 31.1 Å². The van der Waals surface area contributed by atoms with Crippen LogP contribution in [-0.2, 0) is 14.3 Å². The highest BCUT2D eigenvalue weighted by Crippen LogP contribution is 2.26. The second kappa shape index (κ2) is 5.67. The van der Waals surface area contributed by atoms with Gasteiger partial charge in [0.25, 0.3) is 0 Å². The van der Waals surface area contributed by atoms with Crippen LogP contribution in [0.1, 0.15) is 25.7 Å². The fourth-order valence-electron chi connectivity index (χ4n) is 2.91. The van der Waals surface area contributed by atoms with Crippen LogP contribution < -0.4 is 5.32 Å². The normalized spacial score (nSPS) is 34.1. The fourth-order valence-corrected chi connectivity index (χ4v) is 2.91. The summed E-state index contributed by atoms with van der Waals surface area (Å²) in [5.41, 5.74) is 0. The fraction of sp³-hybridized carbons (Fsp3) is 0.833. The predicted molar refractivity (Wildman–Crippen MR) is 64.2 cm³/mol. The second-order valence-corrected chi connectivity index (χ2v) is 5.01. The van der Waals surface area contributed by atoms with Crippen molar-refractivity contribution in [2.24, 2.45) is 0 Å². The van der Waals surface area contributed by atoms with Crippen LogP contribution in [0.5, 0.6) is 0 Å². The molecule has 0 aromatic carbocycles. The minimum Gasteiger partial charge on any atom is -0.480 e. The Labute approximate surface area is 106 Å². The van der Waals surface area contributed by atoms with E-state index < -0.39 is 12.0 Å². The van der Waals surface area contributed by atoms with Gasteiger partial charge in [0.1, 0.15) is 6.04 Å². The molecular weight excluding hydrogens is 236 g/mol. The molecule has 0 bridgehead atoms. The van der Waals surface area contributed by atoms with E-state index in [1.807, 2.05) is 4.90 Å². The van der Waals surface area contributed by atoms with Crippen molar-refractivity contribution in [3.63, 3.8) is 0 Å². The Kier molecular flexibility index (Phi) is 4.19. The van der Waals surface area contributed by atoms with Crippen molar-refractivity contribution in [1.82, 2.24) is 10.2 Å². The Morgan fingerprint density at radius 1 is 1.50 bits per heavy atom. The Hall–Kier alpha value is -1.14. The molecule has 1 heterocycles. The molecule has 2 rings (SSSR count). The van der Waals surface area contributed by atoms with E-state index >= 15 is 0 Å². The largest absolute Gasteiger partial charge is 0.480 e. The quantitative estimate of drug-likeness (QED) is 0.733. The first-order valence-corrected chi connectivity index (χ1v) is 6.40. The smallest absolute Gasteiger partial charge is 0.322 e. The SMILES string of the molecule is COC1CCCC(N2CC(=O)NCC2C(=O)O)C1. The van der Waals surface area contributed by atoms with Crippen LogP contribution in [0.25, 0.3) is 0 Å². The topological polar surface area (TPSA) is 78.9 Å². The molecule has 1 saturated carbocycles. The van der Waals surface area contributed by atoms with E-state index in [1.54, 1.807) is 7.11 Å². The zero-order chi connectivity index (χ0) is 13.1. The van der Waals surface area contributed by atoms with Crippen LogP contribution in [0.4, 0.5) is 0 Å². The number of ether oxygens (including phenoxy) is 1. The lowest BCUT2D eigenvalue weighted by atomic mass is 9.90. The van der Waals surface area contributed by atoms with Gasteiger partial charge in [-0.15, -0.1) is 0 Å². The number of carbonyl (C=O) groups is 2. The summed E-state index contributed by atoms with van der Waals surface area (Å²) in [4.78, 5) is 24.5. The molecule has 0 aromatic heterocycles. The van der Waals surface area contributed by atoms with E-state index in [0.717, 1.165) is 25.7 Å². The standard InChI is InChI=1S/C12H20N2O4/c1-18-9-4-2-3-8(5-9)14-7-11(15)13-6-10(14)12(16)17/h8-10H,2-7H2,1H3,(H,13,15)(H,16,17). The summed E-state index contributed by atoms with van der Waals surface area (Å²) in [6, 6.07) is -0.473. The van der Waals surface area contributed by atoms with Gasteiger partial charge in [0, 0.05) is 19.7 Å². The zero-order valence-electron chi connectivity index (χ0n) is 10.6. The third kappa shape index (κ3) is 2.81. The van der Waals surface area contributed by atoms with Gasteiger partial charge in [-0.2, -0.15) is 0 Å². The van der Waals surface area contributed by atoms with Gasteiger partial charge < -0.3 is 15.2 Å². The van der Waals surface area contributed by atoms with Crippen molar-refractivity contribution in [1.29, 1.82) is 0 Å². The molecule has 6 heteroatoms. The number of carboxylic acid groups (broad SMARTS) is 1. The van der Waals surface area contributed by atoms with Crippen LogP contribution in [0.3, 0.4) is 0 Å². The van der Waals surface area contributed by atoms with E-state index in [4.69, 9.17) is 4.74 Å². The molecule has 0 radical (unpaired) electrons. The number of methoxy groups -OCH3 is 1. The molecule has 3 atom stereocenters. The molecular formula is C12H20N2O4. The molecule has 18 heavy (non-hydrogen) atoms. The van der Waals surface area contributed by atoms with Gasteiger partial charge in [0.05, 0.1) is 12.6 Å². The highest BCUT2D eigenvalue weighted by atomic mass is 16.5. The predicted octanol–water partition coefficient (Wildman–Crippen LogP) is -0.171. The maximum atomic E-state index is 11.5. The molecule has 0 spiro atoms. The summed E-state index contributed by atoms with van der Waals surface area (Å²) in [7, 11) is 1.69. The Balaban J connectivity index is 2.07. The molecule has 1 amide bonds. The first-order chi connectivity index (χ1) is 8.61. The van der Waals surface area contributed by atoms with Crippen molar-refractivity contribution in [2.45, 2.75) is 43.9 Å². The van der Waals surface area contributed by atoms with E-state index in [0.29, 0.717) is 0 Å². The number of piperazine rings is 1. The first-order valence-electron chi connectivity index (χ1n) is 6.40. The number of hydrogen-bond donors (Lipinski definition) is 2. The monoisotopic (exact) mass is 256 g/mol. The van der Waals surface area contributed by atoms with Crippen LogP contribution in [0.2, 0.25) is 0 Å². The zero-order valence-corrected chi connectivity index (χ0v) is 10.6. The molecule has 3 unspecified atom stereocenters. The molecule has 6 nitrogen and oxygen atoms in total. The number of nitrogens with one attached hydrogen (secondary N) is 1. The third-order valence-electron chi connectivity index (χ3n) is 3.90. The summed E-state index contributed by atoms with van der Waals surface area (Å²) in [5, 5.41) is 11.8. The maximum Gasteiger partial charge on any atom is 0.322 e. The van der Waals surface area contributed by atoms with Crippen molar-refractivity contribution in [3.8, 4) is 0 Å². The molecule has 1 aliphatic heterocycles. The summed E-state index contributed by atoms with van der Waals surface area (Å²) >= 11 is 0. The van der Waals surface area contributed by atoms with Crippen LogP contribution in [-0.4, -0.2) is 60.3 Å². The van der Waals surface area contributed by atoms with Gasteiger partial charge in [-0.1, -0.05) is 0 Å². The molecule has 102 valence electrons. The minimum absolute atomic E-state index is 0.0907. The van der Waals surface area contributed by atoms with Crippen molar-refractivity contribution in [2.75, 3.05) is 20.2 Å². The van der Waals surface area contributed by atoms with Gasteiger partial charge in [-0.05, 0) is 25.7 Å². The number of carbonyl (C=O) groups excluding carboxylic acids is 1. The van der Waals surface area contributed by atoms with Gasteiger partial charge in [-0.25, -0.2) is 0 Å². The molecule has 2 fully saturated rings. The average Bonchev–Trinajstić information content (AvgIpc) is 2.38. The average molecular weight is 256 g/mol. The minimum atomic E-state index is -0.866. The third-order valence-corrected chi connectivity index (χ3v) is 3.90. The second-order valence-electron chi connectivity index (χ2n) is 5.01. The molecule has 0 aromatic rings. The molecule has 2 N–H and O–H groups in total. The number of rotatable bonds is 3. The van der Waals surface area contributed by atoms with Crippen LogP contribution in [0.15, 0.2) is 0 Å². The number of aliphatic carboxylic acids is 1. The lowest BCUT2D eigenvalue weighted by Crippen LogP contribution is -2.61. The lowest BCUT2D eigenvalue weighted by molar-refractivity contribution is -0.148. The van der Waals surface area contributed by atoms with E-state index in [9.17, 15) is 14.7 Å². The summed E-state index contributed by atoms with van der Waals surface area (Å²) in [5.74, 6) is -0.957. The highest BCUT2D eigenvalue weighted by molar-refractivity contribution is 5.83. The number of carboxylic acids is 1. The molecule has 1 saturated heterocycles. The Bertz CT molecular complexity index is 334. The first kappa shape index (κ1) is 13.3. The van der Waals surface area contributed by atoms with Crippen LogP contribution in [0, 0.1) is 0 Å². The van der Waals surface area contributed by atoms with E-state index in [1.165, 1.54) is 0 Å². The van der Waals surface area contributed by atoms with Gasteiger partial charge in [0.2, 0.25) is 5.91 Å². The van der Waals surface area contributed by atoms with Crippen molar-refractivity contribution >= 4 is 11.9 Å². The number of amides is 1. The molecule has 1 aliphatic carbocycles. The van der Waals surface area contributed by atoms with Gasteiger partial charge in [0.15, 0.2) is 0 Å². The highest BCUT2D eigenvalue weighted by Gasteiger charge is 2.38. The van der Waals surface area contributed by atoms with Crippen molar-refractivity contribution < 1.29 is 19.4 Å². The summed E-state index contributed by atoms with van der Waals surface area (Å²) in [6.07, 6.45) is 3.98. The number of nitrogens with zero attached hydrogens (tertiary/aromatic N) is 1. The maximum absolute atomic E-state index is 11.5.